The number of rotatable bonds is 9. The Morgan fingerprint density at radius 1 is 0.964 bits per heavy atom. The molecule has 0 spiro atoms. The van der Waals surface area contributed by atoms with Crippen molar-refractivity contribution in [3.63, 3.8) is 0 Å². The third kappa shape index (κ3) is 5.99. The molecule has 1 N–H and O–H groups in total. The molecule has 1 atom stereocenters. The molecule has 0 saturated carbocycles. The summed E-state index contributed by atoms with van der Waals surface area (Å²) in [6.45, 7) is 3.35. The predicted molar refractivity (Wildman–Crippen MR) is 107 cm³/mol. The van der Waals surface area contributed by atoms with E-state index in [9.17, 15) is 13.6 Å². The summed E-state index contributed by atoms with van der Waals surface area (Å²) in [7, 11) is 0. The molecule has 0 bridgehead atoms. The van der Waals surface area contributed by atoms with Gasteiger partial charge in [0.2, 0.25) is 0 Å². The highest BCUT2D eigenvalue weighted by atomic mass is 19.2. The minimum Gasteiger partial charge on any atom is -0.426 e. The number of carbonyl (C=O) groups excluding carboxylic acids is 1. The van der Waals surface area contributed by atoms with Crippen LogP contribution in [0.4, 0.5) is 8.78 Å². The van der Waals surface area contributed by atoms with Gasteiger partial charge in [-0.25, -0.2) is 8.78 Å². The maximum atomic E-state index is 14.5. The molecular formula is C23H26F2O3. The summed E-state index contributed by atoms with van der Waals surface area (Å²) >= 11 is 0. The molecule has 3 nitrogen and oxygen atoms in total. The van der Waals surface area contributed by atoms with Gasteiger partial charge in [0.1, 0.15) is 5.75 Å². The van der Waals surface area contributed by atoms with Gasteiger partial charge in [-0.3, -0.25) is 4.79 Å². The number of benzene rings is 2. The molecule has 2 aromatic rings. The molecule has 0 aliphatic rings. The third-order valence-corrected chi connectivity index (χ3v) is 4.47. The number of aliphatic hydroxyl groups excluding tert-OH is 1. The van der Waals surface area contributed by atoms with Crippen molar-refractivity contribution >= 4 is 17.6 Å². The van der Waals surface area contributed by atoms with Crippen molar-refractivity contribution in [3.05, 3.63) is 65.2 Å². The average molecular weight is 388 g/mol. The molecule has 2 rings (SSSR count). The number of halogens is 2. The lowest BCUT2D eigenvalue weighted by atomic mass is 10.0. The lowest BCUT2D eigenvalue weighted by Gasteiger charge is -2.09. The number of carbonyl (C=O) groups is 1. The van der Waals surface area contributed by atoms with Gasteiger partial charge < -0.3 is 9.84 Å². The summed E-state index contributed by atoms with van der Waals surface area (Å²) in [5.74, 6) is -2.94. The van der Waals surface area contributed by atoms with Gasteiger partial charge in [-0.05, 0) is 49.6 Å². The van der Waals surface area contributed by atoms with Gasteiger partial charge in [0.05, 0.1) is 12.5 Å². The summed E-state index contributed by atoms with van der Waals surface area (Å²) in [6, 6.07) is 12.3. The van der Waals surface area contributed by atoms with Gasteiger partial charge in [0.15, 0.2) is 11.7 Å². The number of ether oxygens (including phenoxy) is 1. The number of esters is 1. The van der Waals surface area contributed by atoms with E-state index in [0.29, 0.717) is 0 Å². The molecule has 0 saturated heterocycles. The monoisotopic (exact) mass is 388 g/mol. The molecule has 0 aliphatic carbocycles. The Balaban J connectivity index is 2.09. The van der Waals surface area contributed by atoms with Crippen LogP contribution in [-0.2, 0) is 11.2 Å². The lowest BCUT2D eigenvalue weighted by Crippen LogP contribution is -2.20. The normalized spacial score (nSPS) is 13.0. The Bertz CT molecular complexity index is 796. The molecule has 0 aliphatic heterocycles. The van der Waals surface area contributed by atoms with Crippen LogP contribution in [0, 0.1) is 5.92 Å². The van der Waals surface area contributed by atoms with E-state index in [-0.39, 0.29) is 23.5 Å². The van der Waals surface area contributed by atoms with Crippen molar-refractivity contribution in [2.75, 3.05) is 6.61 Å². The maximum Gasteiger partial charge on any atom is 0.316 e. The predicted octanol–water partition coefficient (Wildman–Crippen LogP) is 5.72. The zero-order valence-corrected chi connectivity index (χ0v) is 16.3. The number of hydrogen-bond acceptors (Lipinski definition) is 3. The molecule has 28 heavy (non-hydrogen) atoms. The molecule has 0 heterocycles. The fourth-order valence-electron chi connectivity index (χ4n) is 2.61. The molecule has 150 valence electrons. The van der Waals surface area contributed by atoms with Crippen molar-refractivity contribution in [1.82, 2.24) is 0 Å². The van der Waals surface area contributed by atoms with Crippen molar-refractivity contribution < 1.29 is 23.4 Å². The van der Waals surface area contributed by atoms with Crippen LogP contribution in [0.1, 0.15) is 49.8 Å². The van der Waals surface area contributed by atoms with Gasteiger partial charge in [0.25, 0.3) is 0 Å². The molecule has 0 amide bonds. The number of aryl methyl sites for hydroxylation is 1. The first kappa shape index (κ1) is 21.8. The Morgan fingerprint density at radius 2 is 1.50 bits per heavy atom. The van der Waals surface area contributed by atoms with Crippen LogP contribution < -0.4 is 4.74 Å². The molecule has 0 aromatic heterocycles. The highest BCUT2D eigenvalue weighted by Gasteiger charge is 2.15. The quantitative estimate of drug-likeness (QED) is 0.259. The largest absolute Gasteiger partial charge is 0.426 e. The first-order valence-corrected chi connectivity index (χ1v) is 9.53. The SMILES string of the molecule is CCCCCc1ccc(/C(F)=C(\F)c2ccc(OC(=O)C(C)CO)cc2)cc1. The lowest BCUT2D eigenvalue weighted by molar-refractivity contribution is -0.139. The van der Waals surface area contributed by atoms with E-state index in [4.69, 9.17) is 9.84 Å². The fraction of sp³-hybridized carbons (Fsp3) is 0.348. The van der Waals surface area contributed by atoms with Crippen LogP contribution in [0.3, 0.4) is 0 Å². The molecular weight excluding hydrogens is 362 g/mol. The summed E-state index contributed by atoms with van der Waals surface area (Å²) in [6.07, 6.45) is 4.29. The Hall–Kier alpha value is -2.53. The molecule has 0 fully saturated rings. The van der Waals surface area contributed by atoms with Crippen molar-refractivity contribution in [2.45, 2.75) is 39.5 Å². The van der Waals surface area contributed by atoms with E-state index >= 15 is 0 Å². The van der Waals surface area contributed by atoms with E-state index < -0.39 is 23.5 Å². The van der Waals surface area contributed by atoms with Crippen LogP contribution in [-0.4, -0.2) is 17.7 Å². The summed E-state index contributed by atoms with van der Waals surface area (Å²) in [5.41, 5.74) is 1.34. The van der Waals surface area contributed by atoms with Crippen molar-refractivity contribution in [3.8, 4) is 5.75 Å². The van der Waals surface area contributed by atoms with Gasteiger partial charge >= 0.3 is 5.97 Å². The summed E-state index contributed by atoms with van der Waals surface area (Å²) < 4.78 is 34.1. The highest BCUT2D eigenvalue weighted by Crippen LogP contribution is 2.30. The van der Waals surface area contributed by atoms with Crippen LogP contribution in [0.2, 0.25) is 0 Å². The minimum atomic E-state index is -0.972. The topological polar surface area (TPSA) is 46.5 Å². The first-order chi connectivity index (χ1) is 13.5. The van der Waals surface area contributed by atoms with E-state index in [1.807, 2.05) is 12.1 Å². The van der Waals surface area contributed by atoms with Gasteiger partial charge in [-0.15, -0.1) is 0 Å². The van der Waals surface area contributed by atoms with Gasteiger partial charge in [-0.2, -0.15) is 0 Å². The molecule has 0 radical (unpaired) electrons. The first-order valence-electron chi connectivity index (χ1n) is 9.53. The fourth-order valence-corrected chi connectivity index (χ4v) is 2.61. The van der Waals surface area contributed by atoms with E-state index in [1.54, 1.807) is 12.1 Å². The number of hydrogen-bond donors (Lipinski definition) is 1. The molecule has 2 aromatic carbocycles. The van der Waals surface area contributed by atoms with Gasteiger partial charge in [0, 0.05) is 11.1 Å². The second kappa shape index (κ2) is 10.7. The average Bonchev–Trinajstić information content (AvgIpc) is 2.73. The second-order valence-electron chi connectivity index (χ2n) is 6.81. The van der Waals surface area contributed by atoms with E-state index in [0.717, 1.165) is 31.2 Å². The highest BCUT2D eigenvalue weighted by molar-refractivity contribution is 5.83. The maximum absolute atomic E-state index is 14.5. The zero-order valence-electron chi connectivity index (χ0n) is 16.3. The van der Waals surface area contributed by atoms with Crippen LogP contribution in [0.15, 0.2) is 48.5 Å². The second-order valence-corrected chi connectivity index (χ2v) is 6.81. The summed E-state index contributed by atoms with van der Waals surface area (Å²) in [5, 5.41) is 8.94. The van der Waals surface area contributed by atoms with Crippen molar-refractivity contribution in [1.29, 1.82) is 0 Å². The number of unbranched alkanes of at least 4 members (excludes halogenated alkanes) is 2. The van der Waals surface area contributed by atoms with Crippen LogP contribution in [0.5, 0.6) is 5.75 Å². The molecule has 5 heteroatoms. The van der Waals surface area contributed by atoms with E-state index in [1.165, 1.54) is 31.2 Å². The van der Waals surface area contributed by atoms with E-state index in [2.05, 4.69) is 6.92 Å². The van der Waals surface area contributed by atoms with Crippen LogP contribution >= 0.6 is 0 Å². The minimum absolute atomic E-state index is 0.0551. The Kier molecular flexibility index (Phi) is 8.33. The number of aliphatic hydroxyl groups is 1. The van der Waals surface area contributed by atoms with Gasteiger partial charge in [-0.1, -0.05) is 44.0 Å². The Morgan fingerprint density at radius 3 is 2.00 bits per heavy atom. The van der Waals surface area contributed by atoms with Crippen LogP contribution in [0.25, 0.3) is 11.7 Å². The Labute approximate surface area is 164 Å². The molecule has 1 unspecified atom stereocenters. The standard InChI is InChI=1S/C23H26F2O3/c1-3-4-5-6-17-7-9-18(10-8-17)21(24)22(25)19-11-13-20(14-12-19)28-23(27)16(2)15-26/h7-14,16,26H,3-6,15H2,1-2H3/b22-21+. The smallest absolute Gasteiger partial charge is 0.316 e. The third-order valence-electron chi connectivity index (χ3n) is 4.47. The zero-order chi connectivity index (χ0) is 20.5. The summed E-state index contributed by atoms with van der Waals surface area (Å²) in [4.78, 5) is 11.6. The van der Waals surface area contributed by atoms with Crippen molar-refractivity contribution in [2.24, 2.45) is 5.92 Å².